The summed E-state index contributed by atoms with van der Waals surface area (Å²) in [4.78, 5) is 11.6. The van der Waals surface area contributed by atoms with Crippen LogP contribution in [0, 0.1) is 0 Å². The molecule has 1 aliphatic carbocycles. The highest BCUT2D eigenvalue weighted by molar-refractivity contribution is 5.92. The predicted octanol–water partition coefficient (Wildman–Crippen LogP) is 2.49. The van der Waals surface area contributed by atoms with Gasteiger partial charge in [-0.3, -0.25) is 4.79 Å². The summed E-state index contributed by atoms with van der Waals surface area (Å²) in [6.07, 6.45) is -2.18. The number of phenolic OH excluding ortho intramolecular Hbond substituents is 1. The molecule has 0 spiro atoms. The van der Waals surface area contributed by atoms with Gasteiger partial charge in [-0.2, -0.15) is 13.2 Å². The number of phenols is 1. The van der Waals surface area contributed by atoms with Crippen molar-refractivity contribution in [3.63, 3.8) is 0 Å². The van der Waals surface area contributed by atoms with Crippen LogP contribution in [0.2, 0.25) is 0 Å². The van der Waals surface area contributed by atoms with Crippen LogP contribution in [-0.4, -0.2) is 23.6 Å². The molecular formula is C13H15F3N2O2. The summed E-state index contributed by atoms with van der Waals surface area (Å²) < 4.78 is 37.6. The van der Waals surface area contributed by atoms with E-state index in [1.165, 1.54) is 0 Å². The summed E-state index contributed by atoms with van der Waals surface area (Å²) in [6, 6.07) is 2.87. The van der Waals surface area contributed by atoms with Gasteiger partial charge in [0, 0.05) is 19.0 Å². The highest BCUT2D eigenvalue weighted by Gasteiger charge is 2.31. The number of anilines is 1. The second-order valence-electron chi connectivity index (χ2n) is 4.76. The molecule has 0 aliphatic heterocycles. The van der Waals surface area contributed by atoms with Crippen molar-refractivity contribution in [3.05, 3.63) is 23.8 Å². The Morgan fingerprint density at radius 3 is 2.65 bits per heavy atom. The molecule has 0 unspecified atom stereocenters. The molecule has 0 bridgehead atoms. The first kappa shape index (κ1) is 14.6. The molecule has 7 heteroatoms. The Bertz CT molecular complexity index is 499. The van der Waals surface area contributed by atoms with Gasteiger partial charge in [0.25, 0.3) is 0 Å². The lowest BCUT2D eigenvalue weighted by molar-refractivity contribution is -0.137. The van der Waals surface area contributed by atoms with Crippen molar-refractivity contribution in [1.82, 2.24) is 5.32 Å². The number of benzene rings is 1. The number of aromatic hydroxyl groups is 1. The molecule has 1 fully saturated rings. The fourth-order valence-electron chi connectivity index (χ4n) is 1.70. The van der Waals surface area contributed by atoms with E-state index in [1.54, 1.807) is 0 Å². The molecule has 0 heterocycles. The average molecular weight is 288 g/mol. The molecule has 0 aromatic heterocycles. The van der Waals surface area contributed by atoms with Gasteiger partial charge in [0.2, 0.25) is 5.91 Å². The zero-order valence-electron chi connectivity index (χ0n) is 10.6. The van der Waals surface area contributed by atoms with Gasteiger partial charge < -0.3 is 15.7 Å². The largest absolute Gasteiger partial charge is 0.506 e. The van der Waals surface area contributed by atoms with Crippen LogP contribution >= 0.6 is 0 Å². The highest BCUT2D eigenvalue weighted by atomic mass is 19.4. The zero-order valence-corrected chi connectivity index (χ0v) is 10.6. The molecule has 20 heavy (non-hydrogen) atoms. The summed E-state index contributed by atoms with van der Waals surface area (Å²) in [7, 11) is 0. The third-order valence-electron chi connectivity index (χ3n) is 2.96. The summed E-state index contributed by atoms with van der Waals surface area (Å²) in [5.41, 5.74) is -1.14. The quantitative estimate of drug-likeness (QED) is 0.729. The van der Waals surface area contributed by atoms with Crippen LogP contribution in [0.4, 0.5) is 18.9 Å². The zero-order chi connectivity index (χ0) is 14.8. The summed E-state index contributed by atoms with van der Waals surface area (Å²) in [5.74, 6) is -0.825. The van der Waals surface area contributed by atoms with Crippen LogP contribution in [0.3, 0.4) is 0 Å². The molecule has 1 saturated carbocycles. The van der Waals surface area contributed by atoms with Crippen molar-refractivity contribution in [2.45, 2.75) is 31.5 Å². The van der Waals surface area contributed by atoms with Crippen LogP contribution < -0.4 is 10.6 Å². The number of halogens is 3. The maximum absolute atomic E-state index is 12.5. The lowest BCUT2D eigenvalue weighted by Gasteiger charge is -2.11. The molecule has 1 aromatic rings. The fraction of sp³-hybridized carbons (Fsp3) is 0.462. The Balaban J connectivity index is 1.94. The first-order chi connectivity index (χ1) is 9.36. The smallest absolute Gasteiger partial charge is 0.416 e. The van der Waals surface area contributed by atoms with E-state index < -0.39 is 17.6 Å². The Morgan fingerprint density at radius 2 is 2.05 bits per heavy atom. The summed E-state index contributed by atoms with van der Waals surface area (Å²) in [5, 5.41) is 14.9. The monoisotopic (exact) mass is 288 g/mol. The summed E-state index contributed by atoms with van der Waals surface area (Å²) in [6.45, 7) is 0.468. The molecule has 0 radical (unpaired) electrons. The number of nitrogens with one attached hydrogen (secondary N) is 2. The van der Waals surface area contributed by atoms with E-state index in [0.717, 1.165) is 31.0 Å². The van der Waals surface area contributed by atoms with Crippen LogP contribution in [0.25, 0.3) is 0 Å². The summed E-state index contributed by atoms with van der Waals surface area (Å²) >= 11 is 0. The van der Waals surface area contributed by atoms with E-state index in [2.05, 4.69) is 10.6 Å². The minimum Gasteiger partial charge on any atom is -0.506 e. The number of carbonyl (C=O) groups excluding carboxylic acids is 1. The van der Waals surface area contributed by atoms with Crippen molar-refractivity contribution in [3.8, 4) is 5.75 Å². The van der Waals surface area contributed by atoms with Gasteiger partial charge in [-0.05, 0) is 31.0 Å². The first-order valence-electron chi connectivity index (χ1n) is 6.29. The molecule has 3 N–H and O–H groups in total. The maximum Gasteiger partial charge on any atom is 0.416 e. The standard InChI is InChI=1S/C13H15F3N2O2/c14-13(15,16)8-1-4-11(19)10(7-8)18-12(20)5-6-17-9-2-3-9/h1,4,7,9,17,19H,2-3,5-6H2,(H,18,20). The Labute approximate surface area is 114 Å². The Morgan fingerprint density at radius 1 is 1.35 bits per heavy atom. The third kappa shape index (κ3) is 4.12. The predicted molar refractivity (Wildman–Crippen MR) is 67.4 cm³/mol. The molecule has 0 saturated heterocycles. The number of hydrogen-bond donors (Lipinski definition) is 3. The van der Waals surface area contributed by atoms with Gasteiger partial charge in [0.1, 0.15) is 5.75 Å². The van der Waals surface area contributed by atoms with Crippen molar-refractivity contribution in [2.75, 3.05) is 11.9 Å². The topological polar surface area (TPSA) is 61.4 Å². The molecule has 110 valence electrons. The minimum absolute atomic E-state index is 0.145. The van der Waals surface area contributed by atoms with E-state index >= 15 is 0 Å². The fourth-order valence-corrected chi connectivity index (χ4v) is 1.70. The average Bonchev–Trinajstić information content (AvgIpc) is 3.14. The van der Waals surface area contributed by atoms with Gasteiger partial charge >= 0.3 is 6.18 Å². The molecule has 1 aliphatic rings. The Kier molecular flexibility index (Phi) is 4.17. The molecular weight excluding hydrogens is 273 g/mol. The van der Waals surface area contributed by atoms with Crippen LogP contribution in [0.5, 0.6) is 5.75 Å². The van der Waals surface area contributed by atoms with Crippen LogP contribution in [0.1, 0.15) is 24.8 Å². The van der Waals surface area contributed by atoms with Gasteiger partial charge in [0.15, 0.2) is 0 Å². The lowest BCUT2D eigenvalue weighted by Crippen LogP contribution is -2.23. The number of alkyl halides is 3. The molecule has 1 amide bonds. The Hall–Kier alpha value is -1.76. The van der Waals surface area contributed by atoms with E-state index in [9.17, 15) is 23.1 Å². The van der Waals surface area contributed by atoms with E-state index in [4.69, 9.17) is 0 Å². The second-order valence-corrected chi connectivity index (χ2v) is 4.76. The van der Waals surface area contributed by atoms with Crippen molar-refractivity contribution < 1.29 is 23.1 Å². The van der Waals surface area contributed by atoms with Crippen molar-refractivity contribution >= 4 is 11.6 Å². The van der Waals surface area contributed by atoms with Crippen LogP contribution in [0.15, 0.2) is 18.2 Å². The number of carbonyl (C=O) groups is 1. The first-order valence-corrected chi connectivity index (χ1v) is 6.29. The number of amides is 1. The highest BCUT2D eigenvalue weighted by Crippen LogP contribution is 2.34. The number of hydrogen-bond acceptors (Lipinski definition) is 3. The van der Waals surface area contributed by atoms with Crippen molar-refractivity contribution in [2.24, 2.45) is 0 Å². The molecule has 1 aromatic carbocycles. The second kappa shape index (κ2) is 5.70. The SMILES string of the molecule is O=C(CCNC1CC1)Nc1cc(C(F)(F)F)ccc1O. The van der Waals surface area contributed by atoms with Gasteiger partial charge in [0.05, 0.1) is 11.3 Å². The maximum atomic E-state index is 12.5. The third-order valence-corrected chi connectivity index (χ3v) is 2.96. The van der Waals surface area contributed by atoms with Gasteiger partial charge in [-0.1, -0.05) is 0 Å². The van der Waals surface area contributed by atoms with Crippen LogP contribution in [-0.2, 0) is 11.0 Å². The van der Waals surface area contributed by atoms with Crippen molar-refractivity contribution in [1.29, 1.82) is 0 Å². The molecule has 0 atom stereocenters. The molecule has 2 rings (SSSR count). The van der Waals surface area contributed by atoms with E-state index in [1.807, 2.05) is 0 Å². The van der Waals surface area contributed by atoms with E-state index in [-0.39, 0.29) is 17.9 Å². The lowest BCUT2D eigenvalue weighted by atomic mass is 10.1. The van der Waals surface area contributed by atoms with Gasteiger partial charge in [-0.25, -0.2) is 0 Å². The van der Waals surface area contributed by atoms with Gasteiger partial charge in [-0.15, -0.1) is 0 Å². The molecule has 4 nitrogen and oxygen atoms in total. The minimum atomic E-state index is -4.51. The van der Waals surface area contributed by atoms with E-state index in [0.29, 0.717) is 12.6 Å². The normalized spacial score (nSPS) is 15.2. The number of rotatable bonds is 5.